The smallest absolute Gasteiger partial charge is 0.246 e. The Hall–Kier alpha value is -3.57. The maximum absolute atomic E-state index is 13.8. The van der Waals surface area contributed by atoms with Crippen LogP contribution in [0.2, 0.25) is 5.02 Å². The Morgan fingerprint density at radius 2 is 1.71 bits per heavy atom. The van der Waals surface area contributed by atoms with Crippen LogP contribution in [0.3, 0.4) is 0 Å². The van der Waals surface area contributed by atoms with Crippen LogP contribution in [0.4, 0.5) is 0 Å². The van der Waals surface area contributed by atoms with E-state index >= 15 is 0 Å². The lowest BCUT2D eigenvalue weighted by Gasteiger charge is -2.47. The Bertz CT molecular complexity index is 1410. The molecule has 0 aliphatic carbocycles. The number of nitrogens with zero attached hydrogens (tertiary/aromatic N) is 2. The van der Waals surface area contributed by atoms with Crippen LogP contribution in [-0.2, 0) is 22.6 Å². The van der Waals surface area contributed by atoms with E-state index < -0.39 is 6.04 Å². The second-order valence-electron chi connectivity index (χ2n) is 9.22. The molecule has 0 bridgehead atoms. The van der Waals surface area contributed by atoms with Gasteiger partial charge in [-0.05, 0) is 41.8 Å². The number of rotatable bonds is 3. The molecule has 0 unspecified atom stereocenters. The molecule has 6 heteroatoms. The summed E-state index contributed by atoms with van der Waals surface area (Å²) in [6.45, 7) is 2.54. The third-order valence-corrected chi connectivity index (χ3v) is 7.27. The van der Waals surface area contributed by atoms with Gasteiger partial charge in [-0.1, -0.05) is 71.8 Å². The van der Waals surface area contributed by atoms with Gasteiger partial charge in [0.15, 0.2) is 0 Å². The lowest BCUT2D eigenvalue weighted by molar-refractivity contribution is -0.159. The van der Waals surface area contributed by atoms with Gasteiger partial charge in [0.05, 0.1) is 6.04 Å². The van der Waals surface area contributed by atoms with E-state index in [2.05, 4.69) is 11.1 Å². The molecule has 2 amide bonds. The summed E-state index contributed by atoms with van der Waals surface area (Å²) in [4.78, 5) is 34.4. The molecule has 2 aliphatic rings. The van der Waals surface area contributed by atoms with Crippen molar-refractivity contribution in [3.05, 3.63) is 106 Å². The third-order valence-electron chi connectivity index (χ3n) is 7.02. The fourth-order valence-corrected chi connectivity index (χ4v) is 5.49. The van der Waals surface area contributed by atoms with Gasteiger partial charge >= 0.3 is 0 Å². The van der Waals surface area contributed by atoms with Gasteiger partial charge in [-0.3, -0.25) is 9.59 Å². The number of hydrogen-bond acceptors (Lipinski definition) is 2. The van der Waals surface area contributed by atoms with Crippen molar-refractivity contribution in [2.45, 2.75) is 32.0 Å². The van der Waals surface area contributed by atoms with Crippen LogP contribution in [0.5, 0.6) is 0 Å². The second kappa shape index (κ2) is 8.03. The van der Waals surface area contributed by atoms with Crippen LogP contribution in [0.25, 0.3) is 10.9 Å². The molecule has 2 aliphatic heterocycles. The number of aromatic nitrogens is 1. The molecule has 4 aromatic rings. The number of piperazine rings is 1. The number of nitrogens with one attached hydrogen (secondary N) is 1. The molecule has 0 radical (unpaired) electrons. The summed E-state index contributed by atoms with van der Waals surface area (Å²) in [6, 6.07) is 22.9. The van der Waals surface area contributed by atoms with E-state index in [1.165, 1.54) is 5.56 Å². The average Bonchev–Trinajstić information content (AvgIpc) is 3.21. The van der Waals surface area contributed by atoms with E-state index in [0.29, 0.717) is 18.0 Å². The van der Waals surface area contributed by atoms with Crippen LogP contribution < -0.4 is 0 Å². The van der Waals surface area contributed by atoms with Gasteiger partial charge in [0, 0.05) is 34.6 Å². The molecule has 3 heterocycles. The third kappa shape index (κ3) is 3.39. The summed E-state index contributed by atoms with van der Waals surface area (Å²) in [6.07, 6.45) is 0.498. The van der Waals surface area contributed by atoms with Crippen molar-refractivity contribution in [1.29, 1.82) is 0 Å². The van der Waals surface area contributed by atoms with Crippen molar-refractivity contribution in [2.24, 2.45) is 0 Å². The first-order chi connectivity index (χ1) is 16.5. The molecule has 0 spiro atoms. The Morgan fingerprint density at radius 3 is 2.47 bits per heavy atom. The van der Waals surface area contributed by atoms with E-state index in [4.69, 9.17) is 11.6 Å². The fourth-order valence-electron chi connectivity index (χ4n) is 5.36. The van der Waals surface area contributed by atoms with Gasteiger partial charge in [0.1, 0.15) is 12.6 Å². The lowest BCUT2D eigenvalue weighted by atomic mass is 9.86. The van der Waals surface area contributed by atoms with Crippen molar-refractivity contribution in [3.8, 4) is 0 Å². The van der Waals surface area contributed by atoms with Gasteiger partial charge in [-0.2, -0.15) is 0 Å². The maximum Gasteiger partial charge on any atom is 0.246 e. The number of halogens is 1. The van der Waals surface area contributed by atoms with Crippen molar-refractivity contribution in [3.63, 3.8) is 0 Å². The first-order valence-electron chi connectivity index (χ1n) is 11.5. The Kier molecular flexibility index (Phi) is 4.96. The number of aromatic amines is 1. The summed E-state index contributed by atoms with van der Waals surface area (Å²) in [7, 11) is 0. The van der Waals surface area contributed by atoms with Crippen molar-refractivity contribution < 1.29 is 9.59 Å². The fraction of sp³-hybridized carbons (Fsp3) is 0.214. The SMILES string of the molecule is Cc1ccc(CN2CC(=O)N3[C@H](c4ccc(Cl)cc4)c4[nH]c5ccccc5c4C[C@H]3C2=O)cc1. The number of hydrogen-bond donors (Lipinski definition) is 1. The van der Waals surface area contributed by atoms with Crippen LogP contribution in [-0.4, -0.2) is 39.2 Å². The first-order valence-corrected chi connectivity index (χ1v) is 11.9. The highest BCUT2D eigenvalue weighted by Gasteiger charge is 2.48. The summed E-state index contributed by atoms with van der Waals surface area (Å²) in [5.74, 6) is -0.0453. The second-order valence-corrected chi connectivity index (χ2v) is 9.65. The summed E-state index contributed by atoms with van der Waals surface area (Å²) >= 11 is 6.16. The summed E-state index contributed by atoms with van der Waals surface area (Å²) in [5.41, 5.74) is 6.24. The maximum atomic E-state index is 13.8. The van der Waals surface area contributed by atoms with Gasteiger partial charge in [-0.25, -0.2) is 0 Å². The minimum atomic E-state index is -0.543. The molecule has 1 N–H and O–H groups in total. The molecular weight excluding hydrogens is 446 g/mol. The minimum absolute atomic E-state index is 0.00457. The molecule has 1 aromatic heterocycles. The predicted octanol–water partition coefficient (Wildman–Crippen LogP) is 5.01. The summed E-state index contributed by atoms with van der Waals surface area (Å²) in [5, 5.41) is 1.74. The Labute approximate surface area is 202 Å². The molecule has 5 nitrogen and oxygen atoms in total. The van der Waals surface area contributed by atoms with Gasteiger partial charge in [0.2, 0.25) is 11.8 Å². The first kappa shape index (κ1) is 21.0. The number of carbonyl (C=O) groups is 2. The van der Waals surface area contributed by atoms with Crippen LogP contribution in [0.15, 0.2) is 72.8 Å². The van der Waals surface area contributed by atoms with Crippen LogP contribution >= 0.6 is 11.6 Å². The number of benzene rings is 3. The number of para-hydroxylation sites is 1. The number of fused-ring (bicyclic) bond motifs is 4. The largest absolute Gasteiger partial charge is 0.356 e. The van der Waals surface area contributed by atoms with Crippen molar-refractivity contribution in [1.82, 2.24) is 14.8 Å². The zero-order valence-electron chi connectivity index (χ0n) is 18.8. The van der Waals surface area contributed by atoms with E-state index in [0.717, 1.165) is 33.3 Å². The molecular formula is C28H24ClN3O2. The van der Waals surface area contributed by atoms with Crippen molar-refractivity contribution in [2.75, 3.05) is 6.54 Å². The number of carbonyl (C=O) groups excluding carboxylic acids is 2. The zero-order chi connectivity index (χ0) is 23.4. The number of H-pyrrole nitrogens is 1. The highest BCUT2D eigenvalue weighted by molar-refractivity contribution is 6.30. The van der Waals surface area contributed by atoms with Crippen LogP contribution in [0.1, 0.15) is 34.0 Å². The number of aryl methyl sites for hydroxylation is 1. The molecule has 170 valence electrons. The topological polar surface area (TPSA) is 56.4 Å². The minimum Gasteiger partial charge on any atom is -0.356 e. The monoisotopic (exact) mass is 469 g/mol. The van der Waals surface area contributed by atoms with Gasteiger partial charge in [-0.15, -0.1) is 0 Å². The van der Waals surface area contributed by atoms with E-state index in [1.54, 1.807) is 9.80 Å². The van der Waals surface area contributed by atoms with Gasteiger partial charge in [0.25, 0.3) is 0 Å². The highest BCUT2D eigenvalue weighted by Crippen LogP contribution is 2.42. The molecule has 0 saturated carbocycles. The molecule has 1 saturated heterocycles. The molecule has 3 aromatic carbocycles. The molecule has 2 atom stereocenters. The normalized spacial score (nSPS) is 19.9. The van der Waals surface area contributed by atoms with E-state index in [1.807, 2.05) is 73.7 Å². The standard InChI is InChI=1S/C28H24ClN3O2/c1-17-6-8-18(9-7-17)15-31-16-25(33)32-24(28(31)34)14-22-21-4-2-3-5-23(21)30-26(22)27(32)19-10-12-20(29)13-11-19/h2-13,24,27,30H,14-16H2,1H3/t24-,27+/m0/s1. The average molecular weight is 470 g/mol. The molecule has 34 heavy (non-hydrogen) atoms. The zero-order valence-corrected chi connectivity index (χ0v) is 19.5. The Morgan fingerprint density at radius 1 is 0.971 bits per heavy atom. The number of amides is 2. The Balaban J connectivity index is 1.44. The summed E-state index contributed by atoms with van der Waals surface area (Å²) < 4.78 is 0. The van der Waals surface area contributed by atoms with Gasteiger partial charge < -0.3 is 14.8 Å². The van der Waals surface area contributed by atoms with E-state index in [-0.39, 0.29) is 24.4 Å². The van der Waals surface area contributed by atoms with E-state index in [9.17, 15) is 9.59 Å². The molecule has 6 rings (SSSR count). The van der Waals surface area contributed by atoms with Crippen LogP contribution in [0, 0.1) is 6.92 Å². The van der Waals surface area contributed by atoms with Crippen molar-refractivity contribution >= 4 is 34.3 Å². The predicted molar refractivity (Wildman–Crippen MR) is 133 cm³/mol. The highest BCUT2D eigenvalue weighted by atomic mass is 35.5. The quantitative estimate of drug-likeness (QED) is 0.458. The lowest BCUT2D eigenvalue weighted by Crippen LogP contribution is -2.62. The molecule has 1 fully saturated rings.